The maximum Gasteiger partial charge on any atom is 0.289 e. The van der Waals surface area contributed by atoms with E-state index in [4.69, 9.17) is 0 Å². The lowest BCUT2D eigenvalue weighted by Crippen LogP contribution is -2.56. The first-order valence-electron chi connectivity index (χ1n) is 10.2. The van der Waals surface area contributed by atoms with Gasteiger partial charge >= 0.3 is 0 Å². The van der Waals surface area contributed by atoms with Crippen LogP contribution in [0.25, 0.3) is 16.4 Å². The highest BCUT2D eigenvalue weighted by Gasteiger charge is 2.54. The van der Waals surface area contributed by atoms with Crippen molar-refractivity contribution in [2.45, 2.75) is 37.6 Å². The van der Waals surface area contributed by atoms with E-state index >= 15 is 0 Å². The van der Waals surface area contributed by atoms with Crippen LogP contribution in [-0.2, 0) is 0 Å². The van der Waals surface area contributed by atoms with Gasteiger partial charge in [-0.25, -0.2) is 5.10 Å². The van der Waals surface area contributed by atoms with Gasteiger partial charge < -0.3 is 5.32 Å². The molecule has 0 radical (unpaired) electrons. The number of H-pyrrole nitrogens is 1. The third-order valence-corrected chi connectivity index (χ3v) is 6.68. The van der Waals surface area contributed by atoms with Crippen molar-refractivity contribution in [3.05, 3.63) is 70.5 Å². The molecule has 3 heterocycles. The van der Waals surface area contributed by atoms with Crippen molar-refractivity contribution in [3.8, 4) is 0 Å². The smallest absolute Gasteiger partial charge is 0.289 e. The number of carbonyl (C=O) groups excluding carboxylic acids is 1. The number of pyridine rings is 1. The molecule has 6 rings (SSSR count). The van der Waals surface area contributed by atoms with Gasteiger partial charge in [0.1, 0.15) is 0 Å². The number of nitrogens with zero attached hydrogens (tertiary/aromatic N) is 4. The Bertz CT molecular complexity index is 1340. The number of rotatable bonds is 3. The second-order valence-electron chi connectivity index (χ2n) is 8.62. The van der Waals surface area contributed by atoms with Crippen LogP contribution in [0.3, 0.4) is 0 Å². The van der Waals surface area contributed by atoms with E-state index in [0.29, 0.717) is 22.8 Å². The fourth-order valence-corrected chi connectivity index (χ4v) is 5.29. The van der Waals surface area contributed by atoms with Crippen molar-refractivity contribution in [3.63, 3.8) is 0 Å². The summed E-state index contributed by atoms with van der Waals surface area (Å²) in [4.78, 5) is 24.6. The summed E-state index contributed by atoms with van der Waals surface area (Å²) < 4.78 is 1.70. The summed E-state index contributed by atoms with van der Waals surface area (Å²) in [7, 11) is 0. The van der Waals surface area contributed by atoms with Gasteiger partial charge in [-0.1, -0.05) is 24.3 Å². The molecule has 1 spiro atoms. The first-order chi connectivity index (χ1) is 14.6. The molecule has 0 unspecified atom stereocenters. The molecule has 0 bridgehead atoms. The van der Waals surface area contributed by atoms with Gasteiger partial charge in [-0.2, -0.15) is 5.10 Å². The van der Waals surface area contributed by atoms with Gasteiger partial charge in [-0.15, -0.1) is 10.2 Å². The predicted octanol–water partition coefficient (Wildman–Crippen LogP) is 2.42. The monoisotopic (exact) mass is 400 g/mol. The molecule has 2 fully saturated rings. The normalized spacial score (nSPS) is 25.2. The first kappa shape index (κ1) is 17.3. The number of nitrogens with one attached hydrogen (secondary N) is 2. The molecule has 2 aliphatic carbocycles. The van der Waals surface area contributed by atoms with Crippen LogP contribution in [0.2, 0.25) is 0 Å². The predicted molar refractivity (Wildman–Crippen MR) is 110 cm³/mol. The Kier molecular flexibility index (Phi) is 3.59. The summed E-state index contributed by atoms with van der Waals surface area (Å²) >= 11 is 0. The first-order valence-corrected chi connectivity index (χ1v) is 10.2. The van der Waals surface area contributed by atoms with Gasteiger partial charge in [0.2, 0.25) is 5.82 Å². The second-order valence-corrected chi connectivity index (χ2v) is 8.62. The summed E-state index contributed by atoms with van der Waals surface area (Å²) in [5, 5.41) is 19.8. The van der Waals surface area contributed by atoms with E-state index in [0.717, 1.165) is 36.8 Å². The van der Waals surface area contributed by atoms with Crippen molar-refractivity contribution >= 4 is 22.3 Å². The van der Waals surface area contributed by atoms with E-state index in [1.54, 1.807) is 10.6 Å². The van der Waals surface area contributed by atoms with Gasteiger partial charge in [0.25, 0.3) is 11.5 Å². The van der Waals surface area contributed by atoms with Crippen LogP contribution in [0, 0.1) is 5.41 Å². The van der Waals surface area contributed by atoms with Gasteiger partial charge in [-0.05, 0) is 49.3 Å². The Morgan fingerprint density at radius 3 is 2.63 bits per heavy atom. The molecule has 2 N–H and O–H groups in total. The van der Waals surface area contributed by atoms with Crippen LogP contribution >= 0.6 is 0 Å². The van der Waals surface area contributed by atoms with Gasteiger partial charge in [0.15, 0.2) is 5.65 Å². The lowest BCUT2D eigenvalue weighted by molar-refractivity contribution is -0.0197. The molecule has 4 aromatic rings. The second kappa shape index (κ2) is 6.22. The highest BCUT2D eigenvalue weighted by molar-refractivity contribution is 5.91. The minimum atomic E-state index is -0.183. The fraction of sp³-hybridized carbons (Fsp3) is 0.318. The van der Waals surface area contributed by atoms with Gasteiger partial charge in [0, 0.05) is 23.5 Å². The van der Waals surface area contributed by atoms with Crippen molar-refractivity contribution in [2.24, 2.45) is 5.41 Å². The van der Waals surface area contributed by atoms with E-state index in [-0.39, 0.29) is 22.9 Å². The zero-order valence-corrected chi connectivity index (χ0v) is 16.2. The van der Waals surface area contributed by atoms with Crippen LogP contribution in [-0.4, -0.2) is 36.7 Å². The van der Waals surface area contributed by atoms with E-state index in [9.17, 15) is 9.59 Å². The number of benzene rings is 1. The largest absolute Gasteiger partial charge is 0.347 e. The van der Waals surface area contributed by atoms with Gasteiger partial charge in [0.05, 0.1) is 11.1 Å². The molecule has 2 saturated carbocycles. The maximum absolute atomic E-state index is 12.6. The number of aromatic nitrogens is 5. The Morgan fingerprint density at radius 1 is 1.03 bits per heavy atom. The molecule has 150 valence electrons. The van der Waals surface area contributed by atoms with Crippen molar-refractivity contribution in [1.82, 2.24) is 30.1 Å². The van der Waals surface area contributed by atoms with Crippen molar-refractivity contribution < 1.29 is 4.79 Å². The van der Waals surface area contributed by atoms with Crippen LogP contribution < -0.4 is 10.9 Å². The Balaban J connectivity index is 1.12. The third kappa shape index (κ3) is 2.56. The number of hydrogen-bond donors (Lipinski definition) is 2. The minimum absolute atomic E-state index is 0.143. The molecule has 1 amide bonds. The zero-order valence-electron chi connectivity index (χ0n) is 16.2. The lowest BCUT2D eigenvalue weighted by atomic mass is 9.49. The number of amides is 1. The molecule has 1 aromatic carbocycles. The molecule has 0 atom stereocenters. The number of aromatic amines is 1. The molecule has 8 heteroatoms. The van der Waals surface area contributed by atoms with E-state index in [1.165, 1.54) is 0 Å². The topological polar surface area (TPSA) is 105 Å². The van der Waals surface area contributed by atoms with Crippen molar-refractivity contribution in [1.29, 1.82) is 0 Å². The van der Waals surface area contributed by atoms with E-state index in [2.05, 4.69) is 25.7 Å². The number of fused-ring (bicyclic) bond motifs is 2. The summed E-state index contributed by atoms with van der Waals surface area (Å²) in [6.07, 6.45) is 5.80. The number of hydrogen-bond acceptors (Lipinski definition) is 5. The van der Waals surface area contributed by atoms with Crippen LogP contribution in [0.15, 0.2) is 53.5 Å². The standard InChI is InChI=1S/C22H20N6O2/c29-20-16-6-2-1-5-15(16)18(25-27-20)13-9-22(10-13)11-14(12-22)23-21(30)19-26-24-17-7-3-4-8-28(17)19/h1-8,13-14H,9-12H2,(H,23,30)(H,27,29)/t13-,14-,22?. The molecule has 8 nitrogen and oxygen atoms in total. The molecule has 3 aromatic heterocycles. The number of carbonyl (C=O) groups is 1. The van der Waals surface area contributed by atoms with Crippen molar-refractivity contribution in [2.75, 3.05) is 0 Å². The highest BCUT2D eigenvalue weighted by atomic mass is 16.2. The molecule has 2 aliphatic rings. The lowest BCUT2D eigenvalue weighted by Gasteiger charge is -2.57. The fourth-order valence-electron chi connectivity index (χ4n) is 5.29. The third-order valence-electron chi connectivity index (χ3n) is 6.68. The summed E-state index contributed by atoms with van der Waals surface area (Å²) in [6.45, 7) is 0. The quantitative estimate of drug-likeness (QED) is 0.549. The molecular weight excluding hydrogens is 380 g/mol. The molecule has 0 aliphatic heterocycles. The Labute approximate surface area is 171 Å². The molecular formula is C22H20N6O2. The molecule has 0 saturated heterocycles. The van der Waals surface area contributed by atoms with Crippen LogP contribution in [0.1, 0.15) is 47.9 Å². The summed E-state index contributed by atoms with van der Waals surface area (Å²) in [5.74, 6) is 0.489. The van der Waals surface area contributed by atoms with Crippen LogP contribution in [0.4, 0.5) is 0 Å². The average molecular weight is 400 g/mol. The minimum Gasteiger partial charge on any atom is -0.347 e. The molecule has 30 heavy (non-hydrogen) atoms. The average Bonchev–Trinajstić information content (AvgIpc) is 3.14. The Hall–Kier alpha value is -3.55. The highest BCUT2D eigenvalue weighted by Crippen LogP contribution is 2.62. The van der Waals surface area contributed by atoms with Gasteiger partial charge in [-0.3, -0.25) is 14.0 Å². The summed E-state index contributed by atoms with van der Waals surface area (Å²) in [5.41, 5.74) is 1.78. The van der Waals surface area contributed by atoms with Crippen LogP contribution in [0.5, 0.6) is 0 Å². The SMILES string of the molecule is O=C(N[C@H]1CC2(C1)C[C@H](c1n[nH]c(=O)c3ccccc31)C2)c1nnc2ccccn12. The van der Waals surface area contributed by atoms with E-state index in [1.807, 2.05) is 42.5 Å². The summed E-state index contributed by atoms with van der Waals surface area (Å²) in [6, 6.07) is 13.4. The van der Waals surface area contributed by atoms with E-state index < -0.39 is 0 Å². The zero-order chi connectivity index (χ0) is 20.3. The maximum atomic E-state index is 12.6. The Morgan fingerprint density at radius 2 is 1.80 bits per heavy atom.